The number of carbonyl (C=O) groups is 1. The average molecular weight is 481 g/mol. The predicted molar refractivity (Wildman–Crippen MR) is 139 cm³/mol. The Balaban J connectivity index is 1.43. The first-order valence-corrected chi connectivity index (χ1v) is 12.3. The summed E-state index contributed by atoms with van der Waals surface area (Å²) in [6.07, 6.45) is 5.76. The first-order valence-electron chi connectivity index (χ1n) is 12.3. The van der Waals surface area contributed by atoms with Gasteiger partial charge in [0.25, 0.3) is 0 Å². The largest absolute Gasteiger partial charge is 0.494 e. The van der Waals surface area contributed by atoms with E-state index in [0.717, 1.165) is 46.3 Å². The first-order chi connectivity index (χ1) is 17.6. The van der Waals surface area contributed by atoms with Crippen molar-refractivity contribution in [3.8, 4) is 23.1 Å². The highest BCUT2D eigenvalue weighted by molar-refractivity contribution is 5.96. The molecule has 5 rings (SSSR count). The van der Waals surface area contributed by atoms with Gasteiger partial charge in [0.1, 0.15) is 17.9 Å². The fourth-order valence-electron chi connectivity index (χ4n) is 4.69. The van der Waals surface area contributed by atoms with Crippen molar-refractivity contribution in [3.05, 3.63) is 78.1 Å². The molecule has 36 heavy (non-hydrogen) atoms. The van der Waals surface area contributed by atoms with Crippen molar-refractivity contribution in [2.24, 2.45) is 0 Å². The van der Waals surface area contributed by atoms with Crippen LogP contribution in [0.3, 0.4) is 0 Å². The van der Waals surface area contributed by atoms with Gasteiger partial charge in [-0.25, -0.2) is 4.79 Å². The Morgan fingerprint density at radius 1 is 1.17 bits per heavy atom. The minimum Gasteiger partial charge on any atom is -0.494 e. The minimum absolute atomic E-state index is 0.351. The third-order valence-electron chi connectivity index (χ3n) is 6.70. The smallest absolute Gasteiger partial charge is 0.412 e. The fourth-order valence-corrected chi connectivity index (χ4v) is 4.69. The number of fused-ring (bicyclic) bond motifs is 1. The lowest BCUT2D eigenvalue weighted by atomic mass is 9.92. The van der Waals surface area contributed by atoms with Gasteiger partial charge in [-0.1, -0.05) is 12.1 Å². The van der Waals surface area contributed by atoms with Crippen molar-refractivity contribution in [2.45, 2.75) is 45.3 Å². The highest BCUT2D eigenvalue weighted by atomic mass is 16.6. The van der Waals surface area contributed by atoms with E-state index in [1.165, 1.54) is 6.42 Å². The van der Waals surface area contributed by atoms with E-state index in [4.69, 9.17) is 9.47 Å². The number of aromatic nitrogens is 2. The number of nitriles is 1. The molecule has 7 heteroatoms. The molecule has 7 nitrogen and oxygen atoms in total. The summed E-state index contributed by atoms with van der Waals surface area (Å²) in [5.41, 5.74) is 5.01. The number of benzene rings is 2. The summed E-state index contributed by atoms with van der Waals surface area (Å²) in [5.74, 6) is 0.804. The molecule has 2 heterocycles. The monoisotopic (exact) mass is 480 g/mol. The van der Waals surface area contributed by atoms with Gasteiger partial charge >= 0.3 is 6.09 Å². The van der Waals surface area contributed by atoms with Crippen molar-refractivity contribution in [1.29, 1.82) is 5.26 Å². The van der Waals surface area contributed by atoms with Crippen LogP contribution >= 0.6 is 0 Å². The van der Waals surface area contributed by atoms with E-state index >= 15 is 0 Å². The van der Waals surface area contributed by atoms with Gasteiger partial charge in [-0.05, 0) is 80.6 Å². The van der Waals surface area contributed by atoms with Gasteiger partial charge in [-0.3, -0.25) is 10.3 Å². The molecule has 2 aromatic carbocycles. The summed E-state index contributed by atoms with van der Waals surface area (Å²) in [6.45, 7) is 4.37. The van der Waals surface area contributed by atoms with Gasteiger partial charge in [0.05, 0.1) is 23.4 Å². The Kier molecular flexibility index (Phi) is 6.59. The molecule has 0 saturated heterocycles. The van der Waals surface area contributed by atoms with Crippen molar-refractivity contribution < 1.29 is 14.3 Å². The van der Waals surface area contributed by atoms with Crippen LogP contribution in [0.5, 0.6) is 5.75 Å². The maximum absolute atomic E-state index is 12.4. The second kappa shape index (κ2) is 10.1. The van der Waals surface area contributed by atoms with Crippen LogP contribution in [0.15, 0.2) is 67.0 Å². The third-order valence-corrected chi connectivity index (χ3v) is 6.70. The Bertz CT molecular complexity index is 1420. The van der Waals surface area contributed by atoms with Crippen molar-refractivity contribution in [1.82, 2.24) is 9.55 Å². The third kappa shape index (κ3) is 4.50. The Morgan fingerprint density at radius 2 is 1.92 bits per heavy atom. The normalized spacial score (nSPS) is 14.0. The van der Waals surface area contributed by atoms with E-state index in [1.54, 1.807) is 12.4 Å². The van der Waals surface area contributed by atoms with E-state index in [0.29, 0.717) is 23.9 Å². The summed E-state index contributed by atoms with van der Waals surface area (Å²) in [4.78, 5) is 16.4. The number of nitrogens with zero attached hydrogens (tertiary/aromatic N) is 3. The van der Waals surface area contributed by atoms with Crippen molar-refractivity contribution >= 4 is 22.7 Å². The van der Waals surface area contributed by atoms with Gasteiger partial charge in [-0.15, -0.1) is 0 Å². The summed E-state index contributed by atoms with van der Waals surface area (Å²) in [6, 6.07) is 19.9. The number of pyridine rings is 1. The molecule has 1 atom stereocenters. The predicted octanol–water partition coefficient (Wildman–Crippen LogP) is 7.01. The van der Waals surface area contributed by atoms with Gasteiger partial charge in [0, 0.05) is 35.6 Å². The zero-order chi connectivity index (χ0) is 25.1. The van der Waals surface area contributed by atoms with Crippen LogP contribution in [-0.2, 0) is 4.74 Å². The Hall–Kier alpha value is -4.31. The Labute approximate surface area is 210 Å². The van der Waals surface area contributed by atoms with E-state index in [9.17, 15) is 10.1 Å². The number of hydrogen-bond acceptors (Lipinski definition) is 5. The summed E-state index contributed by atoms with van der Waals surface area (Å²) < 4.78 is 13.5. The lowest BCUT2D eigenvalue weighted by Crippen LogP contribution is -2.18. The van der Waals surface area contributed by atoms with Crippen LogP contribution in [0.4, 0.5) is 10.5 Å². The molecule has 1 N–H and O–H groups in total. The molecule has 0 aliphatic heterocycles. The number of rotatable bonds is 7. The standard InChI is InChI=1S/C29H28N4O3/c1-3-35-24-11-12-25-26(18-30)28(33(27(25)17-24)23-5-4-6-23)21-7-9-22(10-8-21)32-29(34)36-19(2)20-13-15-31-16-14-20/h7-17,19,23H,3-6H2,1-2H3,(H,32,34)/t19-/m1/s1. The second-order valence-electron chi connectivity index (χ2n) is 8.93. The molecular formula is C29H28N4O3. The fraction of sp³-hybridized carbons (Fsp3) is 0.276. The molecule has 1 aliphatic rings. The first kappa shape index (κ1) is 23.4. The van der Waals surface area contributed by atoms with Crippen LogP contribution in [0.25, 0.3) is 22.2 Å². The molecule has 1 amide bonds. The maximum Gasteiger partial charge on any atom is 0.412 e. The lowest BCUT2D eigenvalue weighted by Gasteiger charge is -2.30. The molecule has 1 fully saturated rings. The molecule has 4 aromatic rings. The molecule has 0 spiro atoms. The van der Waals surface area contributed by atoms with Crippen LogP contribution in [-0.4, -0.2) is 22.3 Å². The highest BCUT2D eigenvalue weighted by Gasteiger charge is 2.28. The summed E-state index contributed by atoms with van der Waals surface area (Å²) in [7, 11) is 0. The van der Waals surface area contributed by atoms with Gasteiger partial charge in [0.15, 0.2) is 0 Å². The number of hydrogen-bond donors (Lipinski definition) is 1. The second-order valence-corrected chi connectivity index (χ2v) is 8.93. The molecule has 2 aromatic heterocycles. The molecule has 0 bridgehead atoms. The van der Waals surface area contributed by atoms with Crippen molar-refractivity contribution in [3.63, 3.8) is 0 Å². The summed E-state index contributed by atoms with van der Waals surface area (Å²) in [5, 5.41) is 13.8. The average Bonchev–Trinajstić information content (AvgIpc) is 3.17. The topological polar surface area (TPSA) is 89.2 Å². The van der Waals surface area contributed by atoms with Crippen LogP contribution in [0.1, 0.15) is 56.4 Å². The summed E-state index contributed by atoms with van der Waals surface area (Å²) >= 11 is 0. The van der Waals surface area contributed by atoms with Gasteiger partial charge < -0.3 is 14.0 Å². The van der Waals surface area contributed by atoms with E-state index in [2.05, 4.69) is 20.9 Å². The number of ether oxygens (including phenoxy) is 2. The quantitative estimate of drug-likeness (QED) is 0.307. The molecule has 182 valence electrons. The molecule has 1 aliphatic carbocycles. The number of amides is 1. The molecule has 0 radical (unpaired) electrons. The number of carbonyl (C=O) groups excluding carboxylic acids is 1. The SMILES string of the molecule is CCOc1ccc2c(C#N)c(-c3ccc(NC(=O)O[C@H](C)c4ccncc4)cc3)n(C3CCC3)c2c1. The van der Waals surface area contributed by atoms with E-state index in [1.807, 2.05) is 68.4 Å². The van der Waals surface area contributed by atoms with Gasteiger partial charge in [0.2, 0.25) is 0 Å². The maximum atomic E-state index is 12.4. The zero-order valence-corrected chi connectivity index (χ0v) is 20.4. The van der Waals surface area contributed by atoms with Crippen LogP contribution in [0, 0.1) is 11.3 Å². The number of nitrogens with one attached hydrogen (secondary N) is 1. The van der Waals surface area contributed by atoms with Gasteiger partial charge in [-0.2, -0.15) is 5.26 Å². The molecule has 0 unspecified atom stereocenters. The number of anilines is 1. The highest BCUT2D eigenvalue weighted by Crippen LogP contribution is 2.43. The zero-order valence-electron chi connectivity index (χ0n) is 20.4. The lowest BCUT2D eigenvalue weighted by molar-refractivity contribution is 0.121. The Morgan fingerprint density at radius 3 is 2.56 bits per heavy atom. The van der Waals surface area contributed by atoms with E-state index in [-0.39, 0.29) is 0 Å². The van der Waals surface area contributed by atoms with E-state index < -0.39 is 12.2 Å². The molecular weight excluding hydrogens is 452 g/mol. The minimum atomic E-state index is -0.531. The van der Waals surface area contributed by atoms with Crippen molar-refractivity contribution in [2.75, 3.05) is 11.9 Å². The van der Waals surface area contributed by atoms with Crippen LogP contribution < -0.4 is 10.1 Å². The van der Waals surface area contributed by atoms with Crippen LogP contribution in [0.2, 0.25) is 0 Å². The molecule has 1 saturated carbocycles.